The maximum atomic E-state index is 9.36. The van der Waals surface area contributed by atoms with Crippen molar-refractivity contribution >= 4 is 16.9 Å². The van der Waals surface area contributed by atoms with E-state index in [4.69, 9.17) is 5.73 Å². The van der Waals surface area contributed by atoms with E-state index in [0.29, 0.717) is 33.9 Å². The van der Waals surface area contributed by atoms with Gasteiger partial charge in [0, 0.05) is 18.0 Å². The molecule has 0 bridgehead atoms. The van der Waals surface area contributed by atoms with E-state index in [1.807, 2.05) is 12.1 Å². The molecule has 0 saturated carbocycles. The second-order valence-electron chi connectivity index (χ2n) is 4.11. The molecule has 0 fully saturated rings. The quantitative estimate of drug-likeness (QED) is 0.685. The number of nitrogens with one attached hydrogen (secondary N) is 1. The number of H-pyrrole nitrogens is 1. The molecule has 6 nitrogen and oxygen atoms in total. The molecule has 0 saturated heterocycles. The van der Waals surface area contributed by atoms with Gasteiger partial charge >= 0.3 is 0 Å². The number of rotatable bonds is 1. The lowest BCUT2D eigenvalue weighted by Crippen LogP contribution is -1.96. The first-order valence-electron chi connectivity index (χ1n) is 5.67. The number of nitriles is 1. The van der Waals surface area contributed by atoms with Crippen molar-refractivity contribution in [3.05, 3.63) is 35.9 Å². The monoisotopic (exact) mass is 250 g/mol. The lowest BCUT2D eigenvalue weighted by atomic mass is 10.1. The zero-order valence-corrected chi connectivity index (χ0v) is 10.2. The molecule has 3 aromatic rings. The van der Waals surface area contributed by atoms with Crippen molar-refractivity contribution in [2.75, 3.05) is 5.73 Å². The highest BCUT2D eigenvalue weighted by molar-refractivity contribution is 5.97. The maximum absolute atomic E-state index is 9.36. The largest absolute Gasteiger partial charge is 0.383 e. The molecule has 0 aromatic carbocycles. The Morgan fingerprint density at radius 3 is 2.89 bits per heavy atom. The van der Waals surface area contributed by atoms with Crippen LogP contribution in [-0.2, 0) is 0 Å². The van der Waals surface area contributed by atoms with Crippen molar-refractivity contribution in [2.24, 2.45) is 0 Å². The molecule has 3 aromatic heterocycles. The van der Waals surface area contributed by atoms with Crippen LogP contribution in [0.4, 0.5) is 5.82 Å². The fraction of sp³-hybridized carbons (Fsp3) is 0.0769. The first-order chi connectivity index (χ1) is 9.20. The van der Waals surface area contributed by atoms with Crippen LogP contribution in [0.1, 0.15) is 11.4 Å². The molecule has 0 aliphatic carbocycles. The third-order valence-corrected chi connectivity index (χ3v) is 2.85. The number of aromatic nitrogens is 4. The number of aryl methyl sites for hydroxylation is 1. The molecule has 3 rings (SSSR count). The second kappa shape index (κ2) is 4.07. The van der Waals surface area contributed by atoms with Gasteiger partial charge in [0.05, 0.1) is 16.6 Å². The zero-order chi connectivity index (χ0) is 13.4. The Bertz CT molecular complexity index is 797. The Kier molecular flexibility index (Phi) is 2.39. The maximum Gasteiger partial charge on any atom is 0.145 e. The predicted molar refractivity (Wildman–Crippen MR) is 71.0 cm³/mol. The number of fused-ring (bicyclic) bond motifs is 1. The van der Waals surface area contributed by atoms with Crippen LogP contribution in [0, 0.1) is 18.3 Å². The summed E-state index contributed by atoms with van der Waals surface area (Å²) >= 11 is 0. The SMILES string of the molecule is Cc1nc(N)c2c(C#N)c(-c3cccnc3)[nH]c2n1. The van der Waals surface area contributed by atoms with Crippen LogP contribution in [-0.4, -0.2) is 19.9 Å². The Morgan fingerprint density at radius 1 is 1.37 bits per heavy atom. The molecule has 0 radical (unpaired) electrons. The summed E-state index contributed by atoms with van der Waals surface area (Å²) in [5.74, 6) is 0.874. The number of nitrogen functional groups attached to an aromatic ring is 1. The fourth-order valence-electron chi connectivity index (χ4n) is 2.08. The lowest BCUT2D eigenvalue weighted by molar-refractivity contribution is 1.09. The molecule has 0 unspecified atom stereocenters. The van der Waals surface area contributed by atoms with Crippen molar-refractivity contribution in [2.45, 2.75) is 6.92 Å². The Morgan fingerprint density at radius 2 is 2.21 bits per heavy atom. The molecule has 0 amide bonds. The third-order valence-electron chi connectivity index (χ3n) is 2.85. The molecule has 0 aliphatic heterocycles. The van der Waals surface area contributed by atoms with Gasteiger partial charge in [0.2, 0.25) is 0 Å². The van der Waals surface area contributed by atoms with E-state index in [1.165, 1.54) is 0 Å². The van der Waals surface area contributed by atoms with Gasteiger partial charge in [-0.25, -0.2) is 9.97 Å². The van der Waals surface area contributed by atoms with Crippen LogP contribution in [0.5, 0.6) is 0 Å². The van der Waals surface area contributed by atoms with E-state index in [2.05, 4.69) is 26.0 Å². The van der Waals surface area contributed by atoms with Crippen LogP contribution in [0.25, 0.3) is 22.3 Å². The van der Waals surface area contributed by atoms with E-state index in [9.17, 15) is 5.26 Å². The molecular formula is C13H10N6. The molecule has 92 valence electrons. The molecule has 19 heavy (non-hydrogen) atoms. The average Bonchev–Trinajstić information content (AvgIpc) is 2.78. The number of nitrogens with two attached hydrogens (primary N) is 1. The van der Waals surface area contributed by atoms with Crippen LogP contribution in [0.15, 0.2) is 24.5 Å². The number of hydrogen-bond donors (Lipinski definition) is 2. The number of anilines is 1. The number of pyridine rings is 1. The number of nitrogens with zero attached hydrogens (tertiary/aromatic N) is 4. The third kappa shape index (κ3) is 1.68. The molecule has 3 heterocycles. The van der Waals surface area contributed by atoms with Crippen molar-refractivity contribution in [3.63, 3.8) is 0 Å². The zero-order valence-electron chi connectivity index (χ0n) is 10.2. The average molecular weight is 250 g/mol. The predicted octanol–water partition coefficient (Wildman–Crippen LogP) is 1.78. The molecular weight excluding hydrogens is 240 g/mol. The minimum atomic E-state index is 0.311. The van der Waals surface area contributed by atoms with Crippen molar-refractivity contribution in [1.82, 2.24) is 19.9 Å². The van der Waals surface area contributed by atoms with E-state index < -0.39 is 0 Å². The van der Waals surface area contributed by atoms with Gasteiger partial charge in [-0.05, 0) is 19.1 Å². The minimum absolute atomic E-state index is 0.311. The van der Waals surface area contributed by atoms with Gasteiger partial charge in [-0.15, -0.1) is 0 Å². The molecule has 0 atom stereocenters. The van der Waals surface area contributed by atoms with E-state index in [-0.39, 0.29) is 0 Å². The summed E-state index contributed by atoms with van der Waals surface area (Å²) in [5.41, 5.74) is 8.38. The summed E-state index contributed by atoms with van der Waals surface area (Å²) < 4.78 is 0. The van der Waals surface area contributed by atoms with Gasteiger partial charge in [-0.2, -0.15) is 5.26 Å². The molecule has 0 spiro atoms. The van der Waals surface area contributed by atoms with E-state index >= 15 is 0 Å². The standard InChI is InChI=1S/C13H10N6/c1-7-17-12(15)10-9(5-14)11(19-13(10)18-7)8-3-2-4-16-6-8/h2-4,6H,1H3,(H3,15,17,18,19). The minimum Gasteiger partial charge on any atom is -0.383 e. The smallest absolute Gasteiger partial charge is 0.145 e. The van der Waals surface area contributed by atoms with Crippen molar-refractivity contribution in [1.29, 1.82) is 5.26 Å². The summed E-state index contributed by atoms with van der Waals surface area (Å²) in [5, 5.41) is 9.92. The van der Waals surface area contributed by atoms with E-state index in [1.54, 1.807) is 19.3 Å². The van der Waals surface area contributed by atoms with Gasteiger partial charge in [0.15, 0.2) is 0 Å². The Labute approximate surface area is 109 Å². The molecule has 0 aliphatic rings. The normalized spacial score (nSPS) is 10.5. The highest BCUT2D eigenvalue weighted by atomic mass is 15.0. The van der Waals surface area contributed by atoms with Crippen molar-refractivity contribution in [3.8, 4) is 17.3 Å². The highest BCUT2D eigenvalue weighted by Gasteiger charge is 2.17. The Balaban J connectivity index is 2.39. The van der Waals surface area contributed by atoms with Gasteiger partial charge in [0.25, 0.3) is 0 Å². The molecule has 6 heteroatoms. The topological polar surface area (TPSA) is 104 Å². The highest BCUT2D eigenvalue weighted by Crippen LogP contribution is 2.30. The Hall–Kier alpha value is -2.94. The number of hydrogen-bond acceptors (Lipinski definition) is 5. The van der Waals surface area contributed by atoms with Crippen LogP contribution in [0.3, 0.4) is 0 Å². The second-order valence-corrected chi connectivity index (χ2v) is 4.11. The lowest BCUT2D eigenvalue weighted by Gasteiger charge is -1.97. The summed E-state index contributed by atoms with van der Waals surface area (Å²) in [6.07, 6.45) is 3.36. The van der Waals surface area contributed by atoms with Gasteiger partial charge in [-0.1, -0.05) is 0 Å². The van der Waals surface area contributed by atoms with Crippen LogP contribution in [0.2, 0.25) is 0 Å². The van der Waals surface area contributed by atoms with E-state index in [0.717, 1.165) is 5.56 Å². The summed E-state index contributed by atoms with van der Waals surface area (Å²) in [4.78, 5) is 15.5. The summed E-state index contributed by atoms with van der Waals surface area (Å²) in [6, 6.07) is 5.84. The number of aromatic amines is 1. The van der Waals surface area contributed by atoms with Gasteiger partial charge in [0.1, 0.15) is 23.4 Å². The fourth-order valence-corrected chi connectivity index (χ4v) is 2.08. The van der Waals surface area contributed by atoms with Gasteiger partial charge in [-0.3, -0.25) is 4.98 Å². The summed E-state index contributed by atoms with van der Waals surface area (Å²) in [6.45, 7) is 1.76. The summed E-state index contributed by atoms with van der Waals surface area (Å²) in [7, 11) is 0. The van der Waals surface area contributed by atoms with Crippen LogP contribution >= 0.6 is 0 Å². The van der Waals surface area contributed by atoms with Crippen molar-refractivity contribution < 1.29 is 0 Å². The van der Waals surface area contributed by atoms with Gasteiger partial charge < -0.3 is 10.7 Å². The van der Waals surface area contributed by atoms with Crippen LogP contribution < -0.4 is 5.73 Å². The first kappa shape index (κ1) is 11.2. The molecule has 3 N–H and O–H groups in total. The first-order valence-corrected chi connectivity index (χ1v) is 5.67.